The summed E-state index contributed by atoms with van der Waals surface area (Å²) in [4.78, 5) is 11.3. The second-order valence-electron chi connectivity index (χ2n) is 3.47. The minimum atomic E-state index is -0.826. The highest BCUT2D eigenvalue weighted by molar-refractivity contribution is 5.75. The zero-order valence-electron chi connectivity index (χ0n) is 8.99. The molecule has 1 aliphatic rings. The summed E-state index contributed by atoms with van der Waals surface area (Å²) in [5, 5.41) is 8.84. The molecular formula is C10H15NO4. The number of hydrogen-bond donors (Lipinski definition) is 0. The number of carbonyl (C=O) groups excluding carboxylic acids is 1. The van der Waals surface area contributed by atoms with Crippen molar-refractivity contribution in [1.29, 1.82) is 5.26 Å². The summed E-state index contributed by atoms with van der Waals surface area (Å²) in [5.41, 5.74) is 0. The van der Waals surface area contributed by atoms with E-state index in [9.17, 15) is 4.79 Å². The highest BCUT2D eigenvalue weighted by Gasteiger charge is 2.37. The van der Waals surface area contributed by atoms with Crippen LogP contribution in [0.25, 0.3) is 0 Å². The van der Waals surface area contributed by atoms with Gasteiger partial charge in [0.1, 0.15) is 5.92 Å². The summed E-state index contributed by atoms with van der Waals surface area (Å²) >= 11 is 0. The predicted molar refractivity (Wildman–Crippen MR) is 50.7 cm³/mol. The van der Waals surface area contributed by atoms with Crippen molar-refractivity contribution >= 4 is 5.97 Å². The fraction of sp³-hybridized carbons (Fsp3) is 0.800. The van der Waals surface area contributed by atoms with E-state index in [1.165, 1.54) is 0 Å². The monoisotopic (exact) mass is 213 g/mol. The number of esters is 1. The Morgan fingerprint density at radius 2 is 2.20 bits per heavy atom. The van der Waals surface area contributed by atoms with Gasteiger partial charge in [-0.1, -0.05) is 0 Å². The van der Waals surface area contributed by atoms with Gasteiger partial charge in [-0.05, 0) is 13.8 Å². The molecule has 5 nitrogen and oxygen atoms in total. The maximum atomic E-state index is 11.3. The summed E-state index contributed by atoms with van der Waals surface area (Å²) in [6.07, 6.45) is 0.211. The van der Waals surface area contributed by atoms with Crippen molar-refractivity contribution in [2.45, 2.75) is 26.1 Å². The van der Waals surface area contributed by atoms with Gasteiger partial charge in [0.2, 0.25) is 0 Å². The third-order valence-electron chi connectivity index (χ3n) is 2.20. The lowest BCUT2D eigenvalue weighted by Gasteiger charge is -2.23. The molecule has 0 aliphatic carbocycles. The van der Waals surface area contributed by atoms with Crippen molar-refractivity contribution in [3.8, 4) is 6.07 Å². The third-order valence-corrected chi connectivity index (χ3v) is 2.20. The molecule has 1 fully saturated rings. The van der Waals surface area contributed by atoms with Crippen LogP contribution < -0.4 is 0 Å². The van der Waals surface area contributed by atoms with Crippen LogP contribution in [0, 0.1) is 17.2 Å². The van der Waals surface area contributed by atoms with Gasteiger partial charge >= 0.3 is 5.97 Å². The van der Waals surface area contributed by atoms with E-state index in [2.05, 4.69) is 0 Å². The van der Waals surface area contributed by atoms with Crippen LogP contribution in [0.1, 0.15) is 20.3 Å². The van der Waals surface area contributed by atoms with E-state index < -0.39 is 17.7 Å². The molecular weight excluding hydrogens is 198 g/mol. The molecule has 0 radical (unpaired) electrons. The normalized spacial score (nSPS) is 20.6. The van der Waals surface area contributed by atoms with Crippen LogP contribution >= 0.6 is 0 Å². The first-order chi connectivity index (χ1) is 7.11. The summed E-state index contributed by atoms with van der Waals surface area (Å²) in [6.45, 7) is 4.70. The number of nitriles is 1. The maximum Gasteiger partial charge on any atom is 0.323 e. The van der Waals surface area contributed by atoms with Gasteiger partial charge < -0.3 is 14.2 Å². The molecule has 0 aromatic rings. The number of carbonyl (C=O) groups is 1. The molecule has 0 aromatic carbocycles. The molecule has 1 atom stereocenters. The van der Waals surface area contributed by atoms with Crippen LogP contribution in [-0.2, 0) is 19.0 Å². The van der Waals surface area contributed by atoms with E-state index >= 15 is 0 Å². The Kier molecular flexibility index (Phi) is 4.06. The fourth-order valence-electron chi connectivity index (χ4n) is 1.47. The van der Waals surface area contributed by atoms with Crippen LogP contribution in [0.2, 0.25) is 0 Å². The molecule has 0 spiro atoms. The van der Waals surface area contributed by atoms with Gasteiger partial charge in [0.05, 0.1) is 25.9 Å². The Hall–Kier alpha value is -1.12. The van der Waals surface area contributed by atoms with Crippen molar-refractivity contribution in [2.75, 3.05) is 19.8 Å². The highest BCUT2D eigenvalue weighted by atomic mass is 16.7. The first-order valence-corrected chi connectivity index (χ1v) is 4.95. The standard InChI is InChI=1S/C10H15NO4/c1-3-13-9(12)8(7-11)6-10(2)14-4-5-15-10/h8H,3-6H2,1-2H3. The lowest BCUT2D eigenvalue weighted by molar-refractivity contribution is -0.167. The molecule has 0 amide bonds. The van der Waals surface area contributed by atoms with E-state index in [4.69, 9.17) is 19.5 Å². The Morgan fingerprint density at radius 3 is 2.67 bits per heavy atom. The average molecular weight is 213 g/mol. The van der Waals surface area contributed by atoms with Crippen molar-refractivity contribution in [2.24, 2.45) is 5.92 Å². The molecule has 0 bridgehead atoms. The van der Waals surface area contributed by atoms with Crippen molar-refractivity contribution < 1.29 is 19.0 Å². The third kappa shape index (κ3) is 3.18. The molecule has 1 rings (SSSR count). The topological polar surface area (TPSA) is 68.6 Å². The molecule has 1 saturated heterocycles. The number of nitrogens with zero attached hydrogens (tertiary/aromatic N) is 1. The molecule has 0 aromatic heterocycles. The Labute approximate surface area is 88.9 Å². The Bertz CT molecular complexity index is 265. The van der Waals surface area contributed by atoms with Gasteiger partial charge in [-0.25, -0.2) is 0 Å². The predicted octanol–water partition coefficient (Wildman–Crippen LogP) is 0.842. The summed E-state index contributed by atoms with van der Waals surface area (Å²) in [6, 6.07) is 1.90. The molecule has 1 aliphatic heterocycles. The first kappa shape index (κ1) is 12.0. The number of ether oxygens (including phenoxy) is 3. The minimum absolute atomic E-state index is 0.211. The smallest absolute Gasteiger partial charge is 0.323 e. The van der Waals surface area contributed by atoms with Gasteiger partial charge in [0.25, 0.3) is 0 Å². The molecule has 15 heavy (non-hydrogen) atoms. The molecule has 1 unspecified atom stereocenters. The Morgan fingerprint density at radius 1 is 1.60 bits per heavy atom. The van der Waals surface area contributed by atoms with Crippen LogP contribution in [0.15, 0.2) is 0 Å². The van der Waals surface area contributed by atoms with Crippen LogP contribution in [0.3, 0.4) is 0 Å². The van der Waals surface area contributed by atoms with Crippen LogP contribution in [-0.4, -0.2) is 31.6 Å². The zero-order valence-corrected chi connectivity index (χ0v) is 8.99. The second kappa shape index (κ2) is 5.10. The molecule has 0 N–H and O–H groups in total. The molecule has 84 valence electrons. The quantitative estimate of drug-likeness (QED) is 0.647. The lowest BCUT2D eigenvalue weighted by atomic mass is 10.0. The van der Waals surface area contributed by atoms with Crippen molar-refractivity contribution in [3.63, 3.8) is 0 Å². The van der Waals surface area contributed by atoms with E-state index in [0.29, 0.717) is 13.2 Å². The minimum Gasteiger partial charge on any atom is -0.465 e. The molecule has 0 saturated carbocycles. The Balaban J connectivity index is 2.53. The second-order valence-corrected chi connectivity index (χ2v) is 3.47. The maximum absolute atomic E-state index is 11.3. The highest BCUT2D eigenvalue weighted by Crippen LogP contribution is 2.27. The van der Waals surface area contributed by atoms with Crippen LogP contribution in [0.4, 0.5) is 0 Å². The average Bonchev–Trinajstić information content (AvgIpc) is 2.62. The first-order valence-electron chi connectivity index (χ1n) is 4.95. The van der Waals surface area contributed by atoms with E-state index in [0.717, 1.165) is 0 Å². The fourth-order valence-corrected chi connectivity index (χ4v) is 1.47. The molecule has 5 heteroatoms. The largest absolute Gasteiger partial charge is 0.465 e. The summed E-state index contributed by atoms with van der Waals surface area (Å²) < 4.78 is 15.4. The van der Waals surface area contributed by atoms with E-state index in [-0.39, 0.29) is 13.0 Å². The number of hydrogen-bond acceptors (Lipinski definition) is 5. The SMILES string of the molecule is CCOC(=O)C(C#N)CC1(C)OCCO1. The van der Waals surface area contributed by atoms with Crippen molar-refractivity contribution in [3.05, 3.63) is 0 Å². The van der Waals surface area contributed by atoms with Gasteiger partial charge in [-0.15, -0.1) is 0 Å². The zero-order chi connectivity index (χ0) is 11.3. The van der Waals surface area contributed by atoms with Gasteiger partial charge in [0, 0.05) is 6.42 Å². The lowest BCUT2D eigenvalue weighted by Crippen LogP contribution is -2.32. The van der Waals surface area contributed by atoms with E-state index in [1.54, 1.807) is 13.8 Å². The number of rotatable bonds is 4. The van der Waals surface area contributed by atoms with Gasteiger partial charge in [0.15, 0.2) is 5.79 Å². The molecule has 1 heterocycles. The van der Waals surface area contributed by atoms with Gasteiger partial charge in [-0.2, -0.15) is 5.26 Å². The summed E-state index contributed by atoms with van der Waals surface area (Å²) in [7, 11) is 0. The van der Waals surface area contributed by atoms with Gasteiger partial charge in [-0.3, -0.25) is 4.79 Å². The van der Waals surface area contributed by atoms with E-state index in [1.807, 2.05) is 6.07 Å². The van der Waals surface area contributed by atoms with Crippen molar-refractivity contribution in [1.82, 2.24) is 0 Å². The van der Waals surface area contributed by atoms with Crippen LogP contribution in [0.5, 0.6) is 0 Å². The summed E-state index contributed by atoms with van der Waals surface area (Å²) in [5.74, 6) is -2.17.